The van der Waals surface area contributed by atoms with E-state index in [1.54, 1.807) is 4.57 Å². The molecule has 1 fully saturated rings. The molecule has 8 heteroatoms. The Morgan fingerprint density at radius 3 is 2.50 bits per heavy atom. The van der Waals surface area contributed by atoms with Crippen molar-refractivity contribution in [3.8, 4) is 0 Å². The minimum Gasteiger partial charge on any atom is -0.343 e. The van der Waals surface area contributed by atoms with E-state index >= 15 is 0 Å². The van der Waals surface area contributed by atoms with Gasteiger partial charge < -0.3 is 9.47 Å². The molecule has 194 valence electrons. The van der Waals surface area contributed by atoms with Crippen molar-refractivity contribution >= 4 is 17.1 Å². The predicted molar refractivity (Wildman–Crippen MR) is 142 cm³/mol. The third-order valence-electron chi connectivity index (χ3n) is 7.14. The third kappa shape index (κ3) is 5.97. The average Bonchev–Trinajstić information content (AvgIpc) is 3.21. The first kappa shape index (κ1) is 25.9. The van der Waals surface area contributed by atoms with Crippen LogP contribution in [0.3, 0.4) is 0 Å². The van der Waals surface area contributed by atoms with E-state index in [-0.39, 0.29) is 11.8 Å². The number of hydrogen-bond donors (Lipinski definition) is 1. The fourth-order valence-electron chi connectivity index (χ4n) is 5.20. The van der Waals surface area contributed by atoms with E-state index in [1.165, 1.54) is 5.56 Å². The van der Waals surface area contributed by atoms with Gasteiger partial charge in [-0.15, -0.1) is 0 Å². The minimum absolute atomic E-state index is 0.133. The highest BCUT2D eigenvalue weighted by atomic mass is 16.2. The van der Waals surface area contributed by atoms with Crippen molar-refractivity contribution < 1.29 is 4.79 Å². The number of imidazole rings is 1. The molecule has 0 saturated carbocycles. The molecule has 3 heterocycles. The van der Waals surface area contributed by atoms with Crippen molar-refractivity contribution in [2.75, 3.05) is 13.1 Å². The topological polar surface area (TPSA) is 93.0 Å². The van der Waals surface area contributed by atoms with Crippen LogP contribution in [0.15, 0.2) is 39.9 Å². The zero-order valence-corrected chi connectivity index (χ0v) is 21.8. The lowest BCUT2D eigenvalue weighted by Crippen LogP contribution is -2.39. The summed E-state index contributed by atoms with van der Waals surface area (Å²) in [5.74, 6) is 1.73. The molecule has 0 atom stereocenters. The number of fused-ring (bicyclic) bond motifs is 1. The highest BCUT2D eigenvalue weighted by Gasteiger charge is 2.24. The molecule has 4 rings (SSSR count). The van der Waals surface area contributed by atoms with Crippen LogP contribution in [0.25, 0.3) is 11.2 Å². The number of carbonyl (C=O) groups is 1. The lowest BCUT2D eigenvalue weighted by molar-refractivity contribution is -0.132. The van der Waals surface area contributed by atoms with Crippen LogP contribution in [-0.4, -0.2) is 43.0 Å². The number of carbonyl (C=O) groups excluding carboxylic acids is 1. The predicted octanol–water partition coefficient (Wildman–Crippen LogP) is 3.76. The molecule has 8 nitrogen and oxygen atoms in total. The smallest absolute Gasteiger partial charge is 0.330 e. The van der Waals surface area contributed by atoms with Crippen molar-refractivity contribution in [1.29, 1.82) is 0 Å². The number of piperidine rings is 1. The van der Waals surface area contributed by atoms with E-state index in [0.717, 1.165) is 45.2 Å². The molecule has 0 bridgehead atoms. The molecule has 0 unspecified atom stereocenters. The lowest BCUT2D eigenvalue weighted by atomic mass is 9.90. The number of aromatic amines is 1. The number of aryl methyl sites for hydroxylation is 2. The van der Waals surface area contributed by atoms with Gasteiger partial charge in [-0.1, -0.05) is 57.5 Å². The van der Waals surface area contributed by atoms with Crippen LogP contribution in [0.5, 0.6) is 0 Å². The Hall–Kier alpha value is -3.16. The number of amides is 1. The molecule has 1 saturated heterocycles. The van der Waals surface area contributed by atoms with E-state index in [1.807, 2.05) is 15.5 Å². The van der Waals surface area contributed by atoms with Crippen molar-refractivity contribution in [3.63, 3.8) is 0 Å². The molecule has 0 spiro atoms. The first-order chi connectivity index (χ1) is 17.4. The summed E-state index contributed by atoms with van der Waals surface area (Å²) in [5, 5.41) is 0. The number of hydrogen-bond acceptors (Lipinski definition) is 4. The second kappa shape index (κ2) is 11.7. The van der Waals surface area contributed by atoms with Crippen molar-refractivity contribution in [2.45, 2.75) is 78.8 Å². The second-order valence-corrected chi connectivity index (χ2v) is 10.5. The summed E-state index contributed by atoms with van der Waals surface area (Å²) in [6.07, 6.45) is 5.66. The van der Waals surface area contributed by atoms with E-state index in [9.17, 15) is 14.4 Å². The van der Waals surface area contributed by atoms with Crippen LogP contribution < -0.4 is 11.2 Å². The van der Waals surface area contributed by atoms with Crippen LogP contribution in [0.4, 0.5) is 0 Å². The maximum Gasteiger partial charge on any atom is 0.330 e. The van der Waals surface area contributed by atoms with E-state index in [2.05, 4.69) is 50.0 Å². The summed E-state index contributed by atoms with van der Waals surface area (Å²) in [7, 11) is 0. The van der Waals surface area contributed by atoms with E-state index < -0.39 is 11.2 Å². The number of rotatable bonds is 10. The molecule has 0 aliphatic carbocycles. The normalized spacial score (nSPS) is 14.7. The molecule has 1 amide bonds. The van der Waals surface area contributed by atoms with Gasteiger partial charge in [0.05, 0.1) is 0 Å². The fraction of sp³-hybridized carbons (Fsp3) is 0.571. The fourth-order valence-corrected chi connectivity index (χ4v) is 5.20. The number of nitrogens with zero attached hydrogens (tertiary/aromatic N) is 4. The maximum absolute atomic E-state index is 13.1. The summed E-state index contributed by atoms with van der Waals surface area (Å²) in [6, 6.07) is 10.6. The molecule has 0 radical (unpaired) electrons. The number of H-pyrrole nitrogens is 1. The van der Waals surface area contributed by atoms with Crippen molar-refractivity contribution in [3.05, 3.63) is 62.6 Å². The number of aromatic nitrogens is 4. The number of likely N-dealkylation sites (tertiary alicyclic amines) is 1. The van der Waals surface area contributed by atoms with Gasteiger partial charge in [-0.25, -0.2) is 9.78 Å². The number of benzene rings is 1. The molecule has 1 aliphatic heterocycles. The quantitative estimate of drug-likeness (QED) is 0.465. The van der Waals surface area contributed by atoms with Crippen LogP contribution >= 0.6 is 0 Å². The first-order valence-corrected chi connectivity index (χ1v) is 13.4. The maximum atomic E-state index is 13.1. The van der Waals surface area contributed by atoms with Gasteiger partial charge in [0.15, 0.2) is 11.2 Å². The molecule has 3 aromatic rings. The van der Waals surface area contributed by atoms with Gasteiger partial charge in [0.1, 0.15) is 5.82 Å². The average molecular weight is 494 g/mol. The molecule has 1 N–H and O–H groups in total. The molecular weight excluding hydrogens is 454 g/mol. The SMILES string of the molecule is CCCCn1c(=O)[nH]c(=O)c2c1nc(CCC(=O)N1CCC(Cc3ccccc3)CC1)n2CC(C)C. The number of nitrogens with one attached hydrogen (secondary N) is 1. The van der Waals surface area contributed by atoms with Crippen LogP contribution in [0.2, 0.25) is 0 Å². The summed E-state index contributed by atoms with van der Waals surface area (Å²) in [5.41, 5.74) is 1.40. The first-order valence-electron chi connectivity index (χ1n) is 13.4. The summed E-state index contributed by atoms with van der Waals surface area (Å²) < 4.78 is 3.49. The van der Waals surface area contributed by atoms with Crippen molar-refractivity contribution in [1.82, 2.24) is 24.0 Å². The van der Waals surface area contributed by atoms with E-state index in [4.69, 9.17) is 4.98 Å². The zero-order valence-electron chi connectivity index (χ0n) is 21.8. The van der Waals surface area contributed by atoms with Gasteiger partial charge in [-0.3, -0.25) is 19.1 Å². The Kier molecular flexibility index (Phi) is 8.44. The van der Waals surface area contributed by atoms with Gasteiger partial charge >= 0.3 is 5.69 Å². The largest absolute Gasteiger partial charge is 0.343 e. The Labute approximate surface area is 212 Å². The van der Waals surface area contributed by atoms with Crippen LogP contribution in [0, 0.1) is 11.8 Å². The van der Waals surface area contributed by atoms with Crippen molar-refractivity contribution in [2.24, 2.45) is 11.8 Å². The summed E-state index contributed by atoms with van der Waals surface area (Å²) in [4.78, 5) is 47.6. The monoisotopic (exact) mass is 493 g/mol. The Bertz CT molecular complexity index is 1280. The third-order valence-corrected chi connectivity index (χ3v) is 7.14. The summed E-state index contributed by atoms with van der Waals surface area (Å²) in [6.45, 7) is 8.93. The molecule has 36 heavy (non-hydrogen) atoms. The minimum atomic E-state index is -0.420. The Balaban J connectivity index is 1.46. The highest BCUT2D eigenvalue weighted by Crippen LogP contribution is 2.23. The van der Waals surface area contributed by atoms with E-state index in [0.29, 0.717) is 48.8 Å². The molecule has 1 aromatic carbocycles. The summed E-state index contributed by atoms with van der Waals surface area (Å²) >= 11 is 0. The van der Waals surface area contributed by atoms with Gasteiger partial charge in [-0.2, -0.15) is 0 Å². The zero-order chi connectivity index (χ0) is 25.7. The Morgan fingerprint density at radius 2 is 1.83 bits per heavy atom. The van der Waals surface area contributed by atoms with Crippen LogP contribution in [-0.2, 0) is 30.7 Å². The molecule has 2 aromatic heterocycles. The molecular formula is C28H39N5O3. The van der Waals surface area contributed by atoms with Gasteiger partial charge in [0, 0.05) is 39.0 Å². The van der Waals surface area contributed by atoms with Crippen LogP contribution in [0.1, 0.15) is 64.3 Å². The number of unbranched alkanes of at least 4 members (excludes halogenated alkanes) is 1. The lowest BCUT2D eigenvalue weighted by Gasteiger charge is -2.32. The van der Waals surface area contributed by atoms with Gasteiger partial charge in [-0.05, 0) is 43.1 Å². The Morgan fingerprint density at radius 1 is 1.11 bits per heavy atom. The van der Waals surface area contributed by atoms with Gasteiger partial charge in [0.2, 0.25) is 5.91 Å². The second-order valence-electron chi connectivity index (χ2n) is 10.5. The highest BCUT2D eigenvalue weighted by molar-refractivity contribution is 5.77. The van der Waals surface area contributed by atoms with Gasteiger partial charge in [0.25, 0.3) is 5.56 Å². The molecule has 1 aliphatic rings. The standard InChI is InChI=1S/C28H39N5O3/c1-4-5-15-32-26-25(27(35)30-28(32)36)33(19-20(2)3)23(29-26)11-12-24(34)31-16-13-22(14-17-31)18-21-9-7-6-8-10-21/h6-10,20,22H,4-5,11-19H2,1-3H3,(H,30,35,36).